The molecule has 25 heavy (non-hydrogen) atoms. The predicted octanol–water partition coefficient (Wildman–Crippen LogP) is 6.40. The lowest BCUT2D eigenvalue weighted by molar-refractivity contribution is -0.500. The molecule has 0 rings (SSSR count). The van der Waals surface area contributed by atoms with Gasteiger partial charge in [-0.15, -0.1) is 0 Å². The summed E-state index contributed by atoms with van der Waals surface area (Å²) >= 11 is 0. The maximum atomic E-state index is 10.8. The highest BCUT2D eigenvalue weighted by Gasteiger charge is 1.99. The molecule has 0 aromatic carbocycles. The van der Waals surface area contributed by atoms with Crippen molar-refractivity contribution >= 4 is 5.91 Å². The highest BCUT2D eigenvalue weighted by atomic mass is 16.5. The fraction of sp³-hybridized carbons (Fsp3) is 0.955. The highest BCUT2D eigenvalue weighted by molar-refractivity contribution is 5.65. The number of hydroxylamine groups is 1. The molecule has 0 aliphatic rings. The summed E-state index contributed by atoms with van der Waals surface area (Å²) in [5.74, 6) is -0.244. The van der Waals surface area contributed by atoms with Crippen LogP contribution in [0.5, 0.6) is 0 Å². The third kappa shape index (κ3) is 21.5. The van der Waals surface area contributed by atoms with Crippen LogP contribution in [-0.2, 0) is 4.79 Å². The van der Waals surface area contributed by atoms with Gasteiger partial charge in [0.25, 0.3) is 0 Å². The number of amides is 1. The first-order chi connectivity index (χ1) is 12.3. The second kappa shape index (κ2) is 21.6. The lowest BCUT2D eigenvalue weighted by atomic mass is 10.0. The van der Waals surface area contributed by atoms with Crippen LogP contribution in [-0.4, -0.2) is 5.91 Å². The van der Waals surface area contributed by atoms with E-state index in [1.807, 2.05) is 0 Å². The molecule has 0 heterocycles. The van der Waals surface area contributed by atoms with Crippen molar-refractivity contribution in [3.63, 3.8) is 0 Å². The van der Waals surface area contributed by atoms with Crippen molar-refractivity contribution in [1.29, 1.82) is 0 Å². The highest BCUT2D eigenvalue weighted by Crippen LogP contribution is 2.14. The van der Waals surface area contributed by atoms with E-state index in [9.17, 15) is 10.0 Å². The molecule has 0 saturated heterocycles. The lowest BCUT2D eigenvalue weighted by Gasteiger charge is -2.04. The van der Waals surface area contributed by atoms with Crippen molar-refractivity contribution in [1.82, 2.24) is 0 Å². The van der Waals surface area contributed by atoms with E-state index >= 15 is 0 Å². The van der Waals surface area contributed by atoms with Gasteiger partial charge in [0, 0.05) is 0 Å². The van der Waals surface area contributed by atoms with Gasteiger partial charge in [0.1, 0.15) is 0 Å². The fourth-order valence-corrected chi connectivity index (χ4v) is 3.44. The Morgan fingerprint density at radius 1 is 0.560 bits per heavy atom. The number of rotatable bonds is 20. The van der Waals surface area contributed by atoms with Crippen LogP contribution in [0.3, 0.4) is 0 Å². The Labute approximate surface area is 157 Å². The maximum absolute atomic E-state index is 10.8. The summed E-state index contributed by atoms with van der Waals surface area (Å²) in [6, 6.07) is 0. The maximum Gasteiger partial charge on any atom is 0.310 e. The lowest BCUT2D eigenvalue weighted by Crippen LogP contribution is -2.81. The average Bonchev–Trinajstić information content (AvgIpc) is 2.63. The zero-order chi connectivity index (χ0) is 18.4. The minimum Gasteiger partial charge on any atom is -0.628 e. The molecule has 0 radical (unpaired) electrons. The van der Waals surface area contributed by atoms with Crippen LogP contribution in [0.1, 0.15) is 135 Å². The molecule has 0 saturated carbocycles. The van der Waals surface area contributed by atoms with Crippen molar-refractivity contribution in [2.24, 2.45) is 0 Å². The van der Waals surface area contributed by atoms with Crippen molar-refractivity contribution in [3.05, 3.63) is 5.21 Å². The van der Waals surface area contributed by atoms with E-state index in [4.69, 9.17) is 0 Å². The molecule has 0 aromatic heterocycles. The molecule has 0 fully saturated rings. The molecular weight excluding hydrogens is 310 g/mol. The van der Waals surface area contributed by atoms with Crippen LogP contribution in [0.25, 0.3) is 0 Å². The standard InChI is InChI=1S/C22H45NO2/c1-2-3-4-5-6-7-8-9-10-11-12-13-14-15-16-17-18-19-20-21-22(24)23-25/h2-21,23H2,1H3. The van der Waals surface area contributed by atoms with E-state index in [0.29, 0.717) is 11.9 Å². The average molecular weight is 356 g/mol. The van der Waals surface area contributed by atoms with Crippen LogP contribution < -0.4 is 5.48 Å². The first-order valence-corrected chi connectivity index (χ1v) is 11.3. The van der Waals surface area contributed by atoms with Crippen LogP contribution in [0.15, 0.2) is 0 Å². The van der Waals surface area contributed by atoms with Crippen LogP contribution in [0.2, 0.25) is 0 Å². The SMILES string of the molecule is CCCCCCCCCCCCCCCCCCCCCC(=O)[NH2+][O-]. The Bertz CT molecular complexity index is 269. The van der Waals surface area contributed by atoms with E-state index in [2.05, 4.69) is 6.92 Å². The van der Waals surface area contributed by atoms with E-state index in [1.165, 1.54) is 109 Å². The number of carbonyl (C=O) groups excluding carboxylic acids is 1. The summed E-state index contributed by atoms with van der Waals surface area (Å²) in [6.07, 6.45) is 26.2. The molecule has 150 valence electrons. The molecule has 0 aliphatic carbocycles. The zero-order valence-electron chi connectivity index (χ0n) is 17.0. The topological polar surface area (TPSA) is 56.7 Å². The molecule has 0 aromatic rings. The van der Waals surface area contributed by atoms with E-state index in [-0.39, 0.29) is 5.91 Å². The second-order valence-corrected chi connectivity index (χ2v) is 7.70. The fourth-order valence-electron chi connectivity index (χ4n) is 3.44. The molecule has 1 amide bonds. The van der Waals surface area contributed by atoms with E-state index in [1.54, 1.807) is 0 Å². The molecule has 0 atom stereocenters. The first kappa shape index (κ1) is 24.6. The number of hydrogen-bond acceptors (Lipinski definition) is 2. The number of unbranched alkanes of at least 4 members (excludes halogenated alkanes) is 18. The van der Waals surface area contributed by atoms with Crippen molar-refractivity contribution < 1.29 is 10.3 Å². The van der Waals surface area contributed by atoms with Crippen molar-refractivity contribution in [2.45, 2.75) is 135 Å². The predicted molar refractivity (Wildman–Crippen MR) is 108 cm³/mol. The van der Waals surface area contributed by atoms with Crippen LogP contribution in [0.4, 0.5) is 0 Å². The number of nitrogens with two attached hydrogens (primary N) is 1. The van der Waals surface area contributed by atoms with Gasteiger partial charge in [0.05, 0.1) is 6.42 Å². The van der Waals surface area contributed by atoms with Gasteiger partial charge >= 0.3 is 5.91 Å². The monoisotopic (exact) mass is 355 g/mol. The third-order valence-electron chi connectivity index (χ3n) is 5.16. The van der Waals surface area contributed by atoms with Gasteiger partial charge in [0.15, 0.2) is 0 Å². The summed E-state index contributed by atoms with van der Waals surface area (Å²) in [5, 5.41) is 10.2. The van der Waals surface area contributed by atoms with Gasteiger partial charge in [-0.05, 0) is 6.42 Å². The molecule has 3 heteroatoms. The molecule has 0 aliphatic heterocycles. The Morgan fingerprint density at radius 2 is 0.840 bits per heavy atom. The Hall–Kier alpha value is -0.410. The molecule has 0 bridgehead atoms. The second-order valence-electron chi connectivity index (χ2n) is 7.70. The zero-order valence-corrected chi connectivity index (χ0v) is 17.0. The molecule has 3 nitrogen and oxygen atoms in total. The Kier molecular flexibility index (Phi) is 21.3. The van der Waals surface area contributed by atoms with E-state index < -0.39 is 0 Å². The quantitative estimate of drug-likeness (QED) is 0.203. The number of hydrogen-bond donors (Lipinski definition) is 1. The summed E-state index contributed by atoms with van der Waals surface area (Å²) in [6.45, 7) is 2.28. The van der Waals surface area contributed by atoms with Gasteiger partial charge in [-0.25, -0.2) is 4.79 Å². The number of quaternary nitrogens is 1. The van der Waals surface area contributed by atoms with Gasteiger partial charge in [-0.3, -0.25) is 0 Å². The minimum absolute atomic E-state index is 0.244. The third-order valence-corrected chi connectivity index (χ3v) is 5.16. The largest absolute Gasteiger partial charge is 0.628 e. The first-order valence-electron chi connectivity index (χ1n) is 11.3. The van der Waals surface area contributed by atoms with E-state index in [0.717, 1.165) is 12.8 Å². The summed E-state index contributed by atoms with van der Waals surface area (Å²) < 4.78 is 0. The summed E-state index contributed by atoms with van der Waals surface area (Å²) in [7, 11) is 0. The molecule has 0 spiro atoms. The van der Waals surface area contributed by atoms with Gasteiger partial charge in [-0.1, -0.05) is 122 Å². The van der Waals surface area contributed by atoms with Gasteiger partial charge in [0.2, 0.25) is 0 Å². The Morgan fingerprint density at radius 3 is 1.12 bits per heavy atom. The van der Waals surface area contributed by atoms with Gasteiger partial charge in [-0.2, -0.15) is 0 Å². The Balaban J connectivity index is 2.99. The summed E-state index contributed by atoms with van der Waals surface area (Å²) in [4.78, 5) is 10.8. The number of primary amides is 1. The van der Waals surface area contributed by atoms with Crippen LogP contribution in [0, 0.1) is 5.21 Å². The van der Waals surface area contributed by atoms with Crippen molar-refractivity contribution in [3.8, 4) is 0 Å². The summed E-state index contributed by atoms with van der Waals surface area (Å²) in [5.41, 5.74) is 0.453. The molecule has 2 N–H and O–H groups in total. The van der Waals surface area contributed by atoms with Crippen LogP contribution >= 0.6 is 0 Å². The smallest absolute Gasteiger partial charge is 0.310 e. The molecular formula is C22H45NO2. The normalized spacial score (nSPS) is 11.1. The minimum atomic E-state index is -0.244. The number of carbonyl (C=O) groups is 1. The van der Waals surface area contributed by atoms with Gasteiger partial charge < -0.3 is 10.7 Å². The van der Waals surface area contributed by atoms with Crippen molar-refractivity contribution in [2.75, 3.05) is 0 Å². The molecule has 0 unspecified atom stereocenters.